The van der Waals surface area contributed by atoms with Gasteiger partial charge in [0, 0.05) is 30.9 Å². The monoisotopic (exact) mass is 258 g/mol. The number of thioether (sulfide) groups is 1. The number of nitrogens with two attached hydrogens (primary N) is 1. The van der Waals surface area contributed by atoms with E-state index in [9.17, 15) is 4.79 Å². The van der Waals surface area contributed by atoms with E-state index >= 15 is 0 Å². The zero-order chi connectivity index (χ0) is 12.3. The van der Waals surface area contributed by atoms with Crippen LogP contribution in [0.1, 0.15) is 13.3 Å². The highest BCUT2D eigenvalue weighted by Crippen LogP contribution is 2.21. The van der Waals surface area contributed by atoms with Crippen LogP contribution in [0, 0.1) is 5.92 Å². The van der Waals surface area contributed by atoms with Crippen LogP contribution in [0.5, 0.6) is 0 Å². The van der Waals surface area contributed by atoms with Crippen LogP contribution < -0.4 is 11.4 Å². The molecule has 0 aromatic carbocycles. The molecule has 3 N–H and O–H groups in total. The first-order valence-electron chi connectivity index (χ1n) is 5.83. The van der Waals surface area contributed by atoms with Crippen molar-refractivity contribution in [3.8, 4) is 0 Å². The van der Waals surface area contributed by atoms with E-state index in [2.05, 4.69) is 10.2 Å². The number of nitrogens with zero attached hydrogens (tertiary/aromatic N) is 2. The van der Waals surface area contributed by atoms with E-state index in [-0.39, 0.29) is 11.7 Å². The highest BCUT2D eigenvalue weighted by molar-refractivity contribution is 7.99. The summed E-state index contributed by atoms with van der Waals surface area (Å²) < 4.78 is 6.93. The fourth-order valence-corrected chi connectivity index (χ4v) is 2.98. The van der Waals surface area contributed by atoms with Crippen LogP contribution in [0.2, 0.25) is 0 Å². The Morgan fingerprint density at radius 2 is 2.59 bits per heavy atom. The van der Waals surface area contributed by atoms with Gasteiger partial charge in [-0.15, -0.1) is 5.10 Å². The van der Waals surface area contributed by atoms with Crippen molar-refractivity contribution in [2.75, 3.05) is 19.0 Å². The van der Waals surface area contributed by atoms with E-state index in [4.69, 9.17) is 10.5 Å². The number of ether oxygens (including phenoxy) is 1. The third kappa shape index (κ3) is 2.91. The Bertz CT molecular complexity index is 411. The maximum atomic E-state index is 11.4. The van der Waals surface area contributed by atoms with Crippen LogP contribution in [0.4, 0.5) is 0 Å². The van der Waals surface area contributed by atoms with Gasteiger partial charge in [0.15, 0.2) is 5.16 Å². The molecular formula is C10H18N4O2S. The van der Waals surface area contributed by atoms with Crippen molar-refractivity contribution in [3.05, 3.63) is 10.5 Å². The summed E-state index contributed by atoms with van der Waals surface area (Å²) in [7, 11) is 0. The summed E-state index contributed by atoms with van der Waals surface area (Å²) in [5.41, 5.74) is 5.94. The molecule has 1 aliphatic heterocycles. The van der Waals surface area contributed by atoms with Gasteiger partial charge in [-0.2, -0.15) is 0 Å². The molecule has 0 aliphatic carbocycles. The van der Waals surface area contributed by atoms with Gasteiger partial charge in [-0.05, 0) is 13.3 Å². The zero-order valence-corrected chi connectivity index (χ0v) is 10.7. The Morgan fingerprint density at radius 1 is 1.76 bits per heavy atom. The number of rotatable bonds is 5. The lowest BCUT2D eigenvalue weighted by Crippen LogP contribution is -2.33. The van der Waals surface area contributed by atoms with Crippen molar-refractivity contribution in [1.82, 2.24) is 14.8 Å². The average Bonchev–Trinajstić information content (AvgIpc) is 2.95. The van der Waals surface area contributed by atoms with Crippen LogP contribution >= 0.6 is 11.8 Å². The lowest BCUT2D eigenvalue weighted by molar-refractivity contribution is 0.182. The standard InChI is InChI=1S/C10H18N4O2S/c1-2-14-9(15)12-13-10(14)17-6-8(11)7-3-4-16-5-7/h7-8H,2-6,11H2,1H3,(H,12,15). The second kappa shape index (κ2) is 5.70. The molecule has 17 heavy (non-hydrogen) atoms. The largest absolute Gasteiger partial charge is 0.381 e. The topological polar surface area (TPSA) is 85.9 Å². The van der Waals surface area contributed by atoms with Gasteiger partial charge in [0.25, 0.3) is 0 Å². The summed E-state index contributed by atoms with van der Waals surface area (Å²) in [6.45, 7) is 4.11. The first-order valence-corrected chi connectivity index (χ1v) is 6.82. The van der Waals surface area contributed by atoms with Gasteiger partial charge in [-0.3, -0.25) is 4.57 Å². The molecule has 0 bridgehead atoms. The molecule has 1 saturated heterocycles. The highest BCUT2D eigenvalue weighted by atomic mass is 32.2. The summed E-state index contributed by atoms with van der Waals surface area (Å²) >= 11 is 1.53. The van der Waals surface area contributed by atoms with E-state index in [1.165, 1.54) is 11.8 Å². The van der Waals surface area contributed by atoms with Gasteiger partial charge in [-0.1, -0.05) is 11.8 Å². The maximum Gasteiger partial charge on any atom is 0.343 e. The molecule has 1 aromatic heterocycles. The molecule has 2 heterocycles. The molecule has 2 unspecified atom stereocenters. The highest BCUT2D eigenvalue weighted by Gasteiger charge is 2.23. The molecule has 1 aliphatic rings. The Balaban J connectivity index is 1.90. The zero-order valence-electron chi connectivity index (χ0n) is 9.89. The third-order valence-corrected chi connectivity index (χ3v) is 4.14. The molecule has 0 radical (unpaired) electrons. The van der Waals surface area contributed by atoms with Gasteiger partial charge in [0.05, 0.1) is 6.61 Å². The van der Waals surface area contributed by atoms with Crippen LogP contribution in [0.15, 0.2) is 9.95 Å². The van der Waals surface area contributed by atoms with Crippen molar-refractivity contribution < 1.29 is 4.74 Å². The van der Waals surface area contributed by atoms with Crippen molar-refractivity contribution in [3.63, 3.8) is 0 Å². The lowest BCUT2D eigenvalue weighted by Gasteiger charge is -2.16. The normalized spacial score (nSPS) is 21.9. The van der Waals surface area contributed by atoms with Gasteiger partial charge in [0.2, 0.25) is 0 Å². The molecule has 7 heteroatoms. The minimum Gasteiger partial charge on any atom is -0.381 e. The van der Waals surface area contributed by atoms with Crippen LogP contribution in [-0.4, -0.2) is 39.8 Å². The summed E-state index contributed by atoms with van der Waals surface area (Å²) in [4.78, 5) is 11.4. The Kier molecular flexibility index (Phi) is 4.25. The SMILES string of the molecule is CCn1c(SCC(N)C2CCOC2)n[nH]c1=O. The van der Waals surface area contributed by atoms with Crippen molar-refractivity contribution in [1.29, 1.82) is 0 Å². The Morgan fingerprint density at radius 3 is 3.24 bits per heavy atom. The van der Waals surface area contributed by atoms with E-state index < -0.39 is 0 Å². The summed E-state index contributed by atoms with van der Waals surface area (Å²) in [5.74, 6) is 1.20. The number of hydrogen-bond acceptors (Lipinski definition) is 5. The predicted molar refractivity (Wildman–Crippen MR) is 66.1 cm³/mol. The van der Waals surface area contributed by atoms with E-state index in [0.717, 1.165) is 25.4 Å². The molecule has 2 atom stereocenters. The summed E-state index contributed by atoms with van der Waals surface area (Å²) in [6, 6.07) is 0.0969. The Hall–Kier alpha value is -0.790. The van der Waals surface area contributed by atoms with Gasteiger partial charge >= 0.3 is 5.69 Å². The fourth-order valence-electron chi connectivity index (χ4n) is 1.89. The lowest BCUT2D eigenvalue weighted by atomic mass is 10.0. The molecule has 0 amide bonds. The summed E-state index contributed by atoms with van der Waals surface area (Å²) in [6.07, 6.45) is 1.03. The first kappa shape index (κ1) is 12.7. The quantitative estimate of drug-likeness (QED) is 0.729. The minimum atomic E-state index is -0.159. The van der Waals surface area contributed by atoms with Crippen LogP contribution in [0.25, 0.3) is 0 Å². The predicted octanol–water partition coefficient (Wildman–Crippen LogP) is 0.0472. The smallest absolute Gasteiger partial charge is 0.343 e. The molecule has 6 nitrogen and oxygen atoms in total. The second-order valence-corrected chi connectivity index (χ2v) is 5.14. The molecular weight excluding hydrogens is 240 g/mol. The number of hydrogen-bond donors (Lipinski definition) is 2. The molecule has 0 spiro atoms. The van der Waals surface area contributed by atoms with Crippen LogP contribution in [0.3, 0.4) is 0 Å². The third-order valence-electron chi connectivity index (χ3n) is 3.01. The van der Waals surface area contributed by atoms with Crippen LogP contribution in [-0.2, 0) is 11.3 Å². The van der Waals surface area contributed by atoms with Crippen molar-refractivity contribution in [2.45, 2.75) is 31.1 Å². The molecule has 1 aromatic rings. The molecule has 96 valence electrons. The number of aromatic amines is 1. The minimum absolute atomic E-state index is 0.0969. The number of H-pyrrole nitrogens is 1. The van der Waals surface area contributed by atoms with Gasteiger partial charge in [0.1, 0.15) is 0 Å². The van der Waals surface area contributed by atoms with E-state index in [1.807, 2.05) is 6.92 Å². The first-order chi connectivity index (χ1) is 8.22. The van der Waals surface area contributed by atoms with Crippen molar-refractivity contribution in [2.24, 2.45) is 11.7 Å². The number of aromatic nitrogens is 3. The Labute approximate surface area is 104 Å². The van der Waals surface area contributed by atoms with E-state index in [1.54, 1.807) is 4.57 Å². The second-order valence-electron chi connectivity index (χ2n) is 4.15. The molecule has 0 saturated carbocycles. The fraction of sp³-hybridized carbons (Fsp3) is 0.800. The van der Waals surface area contributed by atoms with Crippen molar-refractivity contribution >= 4 is 11.8 Å². The van der Waals surface area contributed by atoms with E-state index in [0.29, 0.717) is 17.6 Å². The molecule has 1 fully saturated rings. The van der Waals surface area contributed by atoms with Gasteiger partial charge in [-0.25, -0.2) is 9.89 Å². The average molecular weight is 258 g/mol. The maximum absolute atomic E-state index is 11.4. The molecule has 2 rings (SSSR count). The number of nitrogens with one attached hydrogen (secondary N) is 1. The van der Waals surface area contributed by atoms with Gasteiger partial charge < -0.3 is 10.5 Å². The summed E-state index contributed by atoms with van der Waals surface area (Å²) in [5, 5.41) is 7.15.